The Morgan fingerprint density at radius 1 is 1.06 bits per heavy atom. The highest BCUT2D eigenvalue weighted by atomic mass is 16.6. The van der Waals surface area contributed by atoms with E-state index in [9.17, 15) is 14.4 Å². The number of nitrogens with one attached hydrogen (secondary N) is 1. The second-order valence-electron chi connectivity index (χ2n) is 8.04. The number of alkyl carbamates (subject to hydrolysis) is 1. The summed E-state index contributed by atoms with van der Waals surface area (Å²) in [6.07, 6.45) is -1.61. The lowest BCUT2D eigenvalue weighted by molar-refractivity contribution is -0.140. The van der Waals surface area contributed by atoms with Crippen LogP contribution in [0.4, 0.5) is 10.5 Å². The molecule has 8 nitrogen and oxygen atoms in total. The van der Waals surface area contributed by atoms with Crippen molar-refractivity contribution >= 4 is 23.7 Å². The number of carbonyl (C=O) groups excluding carboxylic acids is 3. The molecule has 0 saturated heterocycles. The van der Waals surface area contributed by atoms with E-state index in [2.05, 4.69) is 5.32 Å². The number of esters is 1. The van der Waals surface area contributed by atoms with Gasteiger partial charge >= 0.3 is 12.1 Å². The number of anilines is 1. The fourth-order valence-corrected chi connectivity index (χ4v) is 3.23. The first-order chi connectivity index (χ1) is 14.7. The van der Waals surface area contributed by atoms with Crippen LogP contribution >= 0.6 is 0 Å². The second kappa shape index (κ2) is 9.07. The van der Waals surface area contributed by atoms with E-state index in [1.54, 1.807) is 57.2 Å². The van der Waals surface area contributed by atoms with Gasteiger partial charge in [0.2, 0.25) is 0 Å². The average molecular weight is 426 g/mol. The van der Waals surface area contributed by atoms with Crippen molar-refractivity contribution in [3.05, 3.63) is 60.2 Å². The molecule has 2 amide bonds. The molecule has 0 spiro atoms. The highest BCUT2D eigenvalue weighted by Gasteiger charge is 2.41. The van der Waals surface area contributed by atoms with Crippen molar-refractivity contribution in [2.75, 3.05) is 18.6 Å². The van der Waals surface area contributed by atoms with Gasteiger partial charge in [-0.25, -0.2) is 4.79 Å². The zero-order chi connectivity index (χ0) is 22.6. The number of methoxy groups -OCH3 is 1. The Bertz CT molecular complexity index is 954. The maximum atomic E-state index is 13.6. The van der Waals surface area contributed by atoms with Crippen molar-refractivity contribution < 1.29 is 28.6 Å². The van der Waals surface area contributed by atoms with E-state index in [1.165, 1.54) is 12.0 Å². The minimum atomic E-state index is -1.14. The molecule has 0 radical (unpaired) electrons. The number of ether oxygens (including phenoxy) is 3. The number of carbonyl (C=O) groups is 3. The zero-order valence-corrected chi connectivity index (χ0v) is 18.0. The average Bonchev–Trinajstić information content (AvgIpc) is 2.83. The van der Waals surface area contributed by atoms with Gasteiger partial charge in [-0.3, -0.25) is 14.5 Å². The predicted octanol–water partition coefficient (Wildman–Crippen LogP) is 3.22. The number of fused-ring (bicyclic) bond motifs is 1. The van der Waals surface area contributed by atoms with Crippen LogP contribution in [0.3, 0.4) is 0 Å². The molecular formula is C23H26N2O6. The Kier molecular flexibility index (Phi) is 6.48. The minimum absolute atomic E-state index is 0.330. The van der Waals surface area contributed by atoms with Gasteiger partial charge in [-0.05, 0) is 38.5 Å². The van der Waals surface area contributed by atoms with Crippen molar-refractivity contribution in [1.29, 1.82) is 0 Å². The summed E-state index contributed by atoms with van der Waals surface area (Å²) in [6.45, 7) is 4.86. The molecule has 8 heteroatoms. The van der Waals surface area contributed by atoms with Gasteiger partial charge in [-0.1, -0.05) is 42.5 Å². The number of hydrogen-bond donors (Lipinski definition) is 1. The van der Waals surface area contributed by atoms with E-state index < -0.39 is 35.7 Å². The zero-order valence-electron chi connectivity index (χ0n) is 18.0. The van der Waals surface area contributed by atoms with Crippen LogP contribution in [0, 0.1) is 0 Å². The lowest BCUT2D eigenvalue weighted by atomic mass is 10.0. The fraction of sp³-hybridized carbons (Fsp3) is 0.348. The number of rotatable bonds is 4. The van der Waals surface area contributed by atoms with E-state index in [0.29, 0.717) is 17.0 Å². The third-order valence-electron chi connectivity index (χ3n) is 4.56. The lowest BCUT2D eigenvalue weighted by Crippen LogP contribution is -2.53. The molecule has 0 unspecified atom stereocenters. The summed E-state index contributed by atoms with van der Waals surface area (Å²) >= 11 is 0. The van der Waals surface area contributed by atoms with Gasteiger partial charge in [-0.2, -0.15) is 0 Å². The third-order valence-corrected chi connectivity index (χ3v) is 4.56. The Hall–Kier alpha value is -3.55. The molecule has 0 aliphatic carbocycles. The normalized spacial score (nSPS) is 18.3. The van der Waals surface area contributed by atoms with Gasteiger partial charge in [0.15, 0.2) is 12.1 Å². The molecule has 31 heavy (non-hydrogen) atoms. The van der Waals surface area contributed by atoms with E-state index in [1.807, 2.05) is 18.2 Å². The molecule has 0 fully saturated rings. The summed E-state index contributed by atoms with van der Waals surface area (Å²) in [7, 11) is 1.25. The number of amides is 2. The first-order valence-electron chi connectivity index (χ1n) is 9.88. The van der Waals surface area contributed by atoms with Gasteiger partial charge < -0.3 is 19.5 Å². The van der Waals surface area contributed by atoms with Crippen LogP contribution in [-0.4, -0.2) is 43.3 Å². The second-order valence-corrected chi connectivity index (χ2v) is 8.04. The largest absolute Gasteiger partial charge is 0.481 e. The van der Waals surface area contributed by atoms with Gasteiger partial charge in [0.1, 0.15) is 17.9 Å². The van der Waals surface area contributed by atoms with E-state index in [-0.39, 0.29) is 6.54 Å². The highest BCUT2D eigenvalue weighted by Crippen LogP contribution is 2.37. The summed E-state index contributed by atoms with van der Waals surface area (Å²) in [6, 6.07) is 14.8. The molecule has 2 aromatic carbocycles. The van der Waals surface area contributed by atoms with Gasteiger partial charge in [-0.15, -0.1) is 0 Å². The van der Waals surface area contributed by atoms with Crippen molar-refractivity contribution in [3.63, 3.8) is 0 Å². The van der Waals surface area contributed by atoms with Crippen molar-refractivity contribution in [2.45, 2.75) is 38.5 Å². The van der Waals surface area contributed by atoms with Crippen LogP contribution in [0.15, 0.2) is 54.6 Å². The predicted molar refractivity (Wildman–Crippen MR) is 114 cm³/mol. The van der Waals surface area contributed by atoms with Crippen molar-refractivity contribution in [2.24, 2.45) is 0 Å². The molecule has 1 heterocycles. The molecule has 0 bridgehead atoms. The minimum Gasteiger partial charge on any atom is -0.481 e. The summed E-state index contributed by atoms with van der Waals surface area (Å²) in [4.78, 5) is 39.5. The Labute approximate surface area is 181 Å². The van der Waals surface area contributed by atoms with Crippen LogP contribution in [-0.2, 0) is 19.1 Å². The van der Waals surface area contributed by atoms with Gasteiger partial charge in [0, 0.05) is 0 Å². The summed E-state index contributed by atoms with van der Waals surface area (Å²) in [5, 5.41) is 2.64. The Morgan fingerprint density at radius 2 is 1.71 bits per heavy atom. The van der Waals surface area contributed by atoms with Crippen LogP contribution in [0.1, 0.15) is 32.4 Å². The smallest absolute Gasteiger partial charge is 0.408 e. The summed E-state index contributed by atoms with van der Waals surface area (Å²) in [5.74, 6) is -0.713. The molecule has 0 aromatic heterocycles. The monoisotopic (exact) mass is 426 g/mol. The number of benzene rings is 2. The summed E-state index contributed by atoms with van der Waals surface area (Å²) in [5.41, 5.74) is 0.342. The molecule has 2 atom stereocenters. The van der Waals surface area contributed by atoms with Crippen molar-refractivity contribution in [3.8, 4) is 5.75 Å². The van der Waals surface area contributed by atoms with Gasteiger partial charge in [0.25, 0.3) is 5.91 Å². The Balaban J connectivity index is 2.06. The topological polar surface area (TPSA) is 94.2 Å². The molecule has 0 saturated carbocycles. The van der Waals surface area contributed by atoms with E-state index in [4.69, 9.17) is 14.2 Å². The number of para-hydroxylation sites is 2. The maximum Gasteiger partial charge on any atom is 0.408 e. The Morgan fingerprint density at radius 3 is 2.35 bits per heavy atom. The molecule has 164 valence electrons. The molecule has 1 aliphatic rings. The SMILES string of the molecule is COC(=O)CN1C(=O)[C@H](NC(=O)OC(C)(C)C)[C@H](c2ccccc2)Oc2ccccc21. The van der Waals surface area contributed by atoms with Crippen LogP contribution < -0.4 is 15.0 Å². The third kappa shape index (κ3) is 5.33. The van der Waals surface area contributed by atoms with Crippen LogP contribution in [0.2, 0.25) is 0 Å². The fourth-order valence-electron chi connectivity index (χ4n) is 3.23. The molecule has 1 N–H and O–H groups in total. The molecule has 1 aliphatic heterocycles. The van der Waals surface area contributed by atoms with E-state index in [0.717, 1.165) is 0 Å². The lowest BCUT2D eigenvalue weighted by Gasteiger charge is -2.29. The number of hydrogen-bond acceptors (Lipinski definition) is 6. The quantitative estimate of drug-likeness (QED) is 0.755. The standard InChI is InChI=1S/C23H26N2O6/c1-23(2,3)31-22(28)24-19-20(15-10-6-5-7-11-15)30-17-13-9-8-12-16(17)25(21(19)27)14-18(26)29-4/h5-13,19-20H,14H2,1-4H3,(H,24,28)/t19-,20+/m1/s1. The van der Waals surface area contributed by atoms with Gasteiger partial charge in [0.05, 0.1) is 12.8 Å². The highest BCUT2D eigenvalue weighted by molar-refractivity contribution is 6.04. The number of nitrogens with zero attached hydrogens (tertiary/aromatic N) is 1. The van der Waals surface area contributed by atoms with Crippen LogP contribution in [0.25, 0.3) is 0 Å². The first-order valence-corrected chi connectivity index (χ1v) is 9.88. The molecule has 3 rings (SSSR count). The summed E-state index contributed by atoms with van der Waals surface area (Å²) < 4.78 is 16.3. The molecule has 2 aromatic rings. The van der Waals surface area contributed by atoms with Crippen molar-refractivity contribution in [1.82, 2.24) is 5.32 Å². The first kappa shape index (κ1) is 22.1. The maximum absolute atomic E-state index is 13.6. The van der Waals surface area contributed by atoms with Crippen LogP contribution in [0.5, 0.6) is 5.75 Å². The van der Waals surface area contributed by atoms with E-state index >= 15 is 0 Å². The molecular weight excluding hydrogens is 400 g/mol.